The molecule has 8 heteroatoms. The first kappa shape index (κ1) is 21.0. The molecule has 2 aliphatic rings. The van der Waals surface area contributed by atoms with Gasteiger partial charge in [-0.05, 0) is 79.3 Å². The van der Waals surface area contributed by atoms with Crippen LogP contribution < -0.4 is 19.7 Å². The number of thiocarbonyl (C=S) groups is 1. The van der Waals surface area contributed by atoms with Gasteiger partial charge in [-0.1, -0.05) is 17.7 Å². The van der Waals surface area contributed by atoms with Crippen molar-refractivity contribution in [1.29, 1.82) is 0 Å². The second kappa shape index (κ2) is 8.34. The molecule has 1 N–H and O–H groups in total. The zero-order valence-corrected chi connectivity index (χ0v) is 19.9. The molecule has 2 aromatic heterocycles. The molecule has 0 bridgehead atoms. The molecule has 2 aromatic carbocycles. The van der Waals surface area contributed by atoms with E-state index in [4.69, 9.17) is 33.3 Å². The van der Waals surface area contributed by atoms with E-state index in [9.17, 15) is 0 Å². The second-order valence-corrected chi connectivity index (χ2v) is 9.06. The molecule has 4 aromatic rings. The third-order valence-corrected chi connectivity index (χ3v) is 6.97. The molecule has 0 saturated carbocycles. The van der Waals surface area contributed by atoms with Crippen LogP contribution in [0.3, 0.4) is 0 Å². The number of rotatable bonds is 4. The van der Waals surface area contributed by atoms with Gasteiger partial charge in [-0.25, -0.2) is 0 Å². The highest BCUT2D eigenvalue weighted by atomic mass is 35.5. The minimum absolute atomic E-state index is 0.152. The van der Waals surface area contributed by atoms with Crippen LogP contribution in [-0.4, -0.2) is 21.5 Å². The molecule has 0 spiro atoms. The molecule has 2 atom stereocenters. The molecular weight excluding hydrogens is 468 g/mol. The fraction of sp³-hybridized carbons (Fsp3) is 0.154. The first-order valence-electron chi connectivity index (χ1n) is 10.9. The maximum absolute atomic E-state index is 6.31. The number of halogens is 1. The highest BCUT2D eigenvalue weighted by Crippen LogP contribution is 2.45. The monoisotopic (exact) mass is 488 g/mol. The topological polar surface area (TPSA) is 51.6 Å². The number of nitrogens with one attached hydrogen (secondary N) is 1. The Morgan fingerprint density at radius 1 is 1.00 bits per heavy atom. The number of hydrogen-bond acceptors (Lipinski definition) is 4. The van der Waals surface area contributed by atoms with Gasteiger partial charge < -0.3 is 24.3 Å². The Labute approximate surface area is 207 Å². The van der Waals surface area contributed by atoms with E-state index in [-0.39, 0.29) is 18.9 Å². The smallest absolute Gasteiger partial charge is 0.231 e. The van der Waals surface area contributed by atoms with Crippen LogP contribution in [0.25, 0.3) is 5.69 Å². The van der Waals surface area contributed by atoms with Crippen molar-refractivity contribution in [1.82, 2.24) is 14.9 Å². The lowest BCUT2D eigenvalue weighted by Gasteiger charge is -2.29. The van der Waals surface area contributed by atoms with Crippen molar-refractivity contribution in [2.75, 3.05) is 11.7 Å². The molecule has 1 fully saturated rings. The Kier molecular flexibility index (Phi) is 5.16. The molecule has 6 rings (SSSR count). The average Bonchev–Trinajstić information content (AvgIpc) is 3.59. The van der Waals surface area contributed by atoms with E-state index in [2.05, 4.69) is 38.1 Å². The van der Waals surface area contributed by atoms with Crippen LogP contribution in [-0.2, 0) is 0 Å². The van der Waals surface area contributed by atoms with E-state index in [0.29, 0.717) is 10.9 Å². The van der Waals surface area contributed by atoms with Crippen LogP contribution in [0.5, 0.6) is 11.5 Å². The average molecular weight is 489 g/mol. The van der Waals surface area contributed by atoms with Crippen molar-refractivity contribution in [2.24, 2.45) is 0 Å². The number of aryl methyl sites for hydroxylation is 1. The van der Waals surface area contributed by atoms with E-state index in [0.717, 1.165) is 39.1 Å². The highest BCUT2D eigenvalue weighted by Gasteiger charge is 2.42. The Hall–Kier alpha value is -3.55. The van der Waals surface area contributed by atoms with Gasteiger partial charge in [0.05, 0.1) is 11.7 Å². The molecule has 34 heavy (non-hydrogen) atoms. The van der Waals surface area contributed by atoms with Gasteiger partial charge in [0, 0.05) is 40.6 Å². The number of pyridine rings is 1. The lowest BCUT2D eigenvalue weighted by atomic mass is 10.0. The summed E-state index contributed by atoms with van der Waals surface area (Å²) in [6.45, 7) is 2.23. The molecule has 0 unspecified atom stereocenters. The number of fused-ring (bicyclic) bond motifs is 1. The van der Waals surface area contributed by atoms with Gasteiger partial charge in [-0.3, -0.25) is 4.98 Å². The Balaban J connectivity index is 1.50. The summed E-state index contributed by atoms with van der Waals surface area (Å²) in [6.07, 6.45) is 3.87. The number of nitrogens with zero attached hydrogens (tertiary/aromatic N) is 3. The van der Waals surface area contributed by atoms with Crippen molar-refractivity contribution in [3.8, 4) is 17.2 Å². The number of hydrogen-bond donors (Lipinski definition) is 1. The minimum Gasteiger partial charge on any atom is -0.454 e. The minimum atomic E-state index is -0.159. The third-order valence-electron chi connectivity index (χ3n) is 6.24. The molecule has 0 aliphatic carbocycles. The molecule has 0 radical (unpaired) electrons. The van der Waals surface area contributed by atoms with E-state index < -0.39 is 0 Å². The second-order valence-electron chi connectivity index (χ2n) is 8.27. The fourth-order valence-electron chi connectivity index (χ4n) is 4.62. The van der Waals surface area contributed by atoms with Gasteiger partial charge >= 0.3 is 0 Å². The van der Waals surface area contributed by atoms with E-state index >= 15 is 0 Å². The van der Waals surface area contributed by atoms with Crippen LogP contribution in [0.4, 0.5) is 5.69 Å². The summed E-state index contributed by atoms with van der Waals surface area (Å²) in [6, 6.07) is 21.8. The molecule has 2 aliphatic heterocycles. The van der Waals surface area contributed by atoms with Crippen LogP contribution >= 0.6 is 23.8 Å². The van der Waals surface area contributed by atoms with Crippen LogP contribution in [0, 0.1) is 6.92 Å². The van der Waals surface area contributed by atoms with Crippen molar-refractivity contribution < 1.29 is 9.47 Å². The van der Waals surface area contributed by atoms with Gasteiger partial charge in [-0.15, -0.1) is 0 Å². The normalized spacial score (nSPS) is 18.9. The van der Waals surface area contributed by atoms with Gasteiger partial charge in [-0.2, -0.15) is 0 Å². The zero-order valence-electron chi connectivity index (χ0n) is 18.3. The largest absolute Gasteiger partial charge is 0.454 e. The molecule has 0 amide bonds. The third kappa shape index (κ3) is 3.48. The van der Waals surface area contributed by atoms with Gasteiger partial charge in [0.15, 0.2) is 16.6 Å². The summed E-state index contributed by atoms with van der Waals surface area (Å²) in [5.74, 6) is 1.45. The highest BCUT2D eigenvalue weighted by molar-refractivity contribution is 7.80. The molecule has 170 valence electrons. The maximum atomic E-state index is 6.31. The summed E-state index contributed by atoms with van der Waals surface area (Å²) in [7, 11) is 0. The van der Waals surface area contributed by atoms with Crippen LogP contribution in [0.2, 0.25) is 5.02 Å². The van der Waals surface area contributed by atoms with Gasteiger partial charge in [0.25, 0.3) is 0 Å². The van der Waals surface area contributed by atoms with Gasteiger partial charge in [0.1, 0.15) is 6.04 Å². The molecule has 1 saturated heterocycles. The van der Waals surface area contributed by atoms with Crippen LogP contribution in [0.1, 0.15) is 29.0 Å². The summed E-state index contributed by atoms with van der Waals surface area (Å²) in [5.41, 5.74) is 4.96. The SMILES string of the molecule is Cc1cc(-n2cccc2[C@@H]2[C@@H](c3ccccn3)NC(=S)N2c2ccc3c(c2)OCO3)ccc1Cl. The maximum Gasteiger partial charge on any atom is 0.231 e. The fourth-order valence-corrected chi connectivity index (χ4v) is 5.08. The molecule has 4 heterocycles. The summed E-state index contributed by atoms with van der Waals surface area (Å²) in [5, 5.41) is 4.88. The summed E-state index contributed by atoms with van der Waals surface area (Å²) in [4.78, 5) is 6.78. The van der Waals surface area contributed by atoms with Crippen LogP contribution in [0.15, 0.2) is 79.1 Å². The van der Waals surface area contributed by atoms with E-state index in [1.54, 1.807) is 0 Å². The van der Waals surface area contributed by atoms with Gasteiger partial charge in [0.2, 0.25) is 6.79 Å². The Morgan fingerprint density at radius 2 is 1.85 bits per heavy atom. The summed E-state index contributed by atoms with van der Waals surface area (Å²) >= 11 is 12.2. The molecular formula is C26H21ClN4O2S. The predicted molar refractivity (Wildman–Crippen MR) is 136 cm³/mol. The zero-order chi connectivity index (χ0) is 23.2. The Bertz CT molecular complexity index is 1390. The van der Waals surface area contributed by atoms with Crippen molar-refractivity contribution >= 4 is 34.6 Å². The lowest BCUT2D eigenvalue weighted by molar-refractivity contribution is 0.174. The first-order chi connectivity index (χ1) is 16.6. The first-order valence-corrected chi connectivity index (χ1v) is 11.7. The number of anilines is 1. The van der Waals surface area contributed by atoms with Crippen molar-refractivity contribution in [3.05, 3.63) is 101 Å². The summed E-state index contributed by atoms with van der Waals surface area (Å²) < 4.78 is 13.3. The van der Waals surface area contributed by atoms with E-state index in [1.165, 1.54) is 0 Å². The standard InChI is InChI=1S/C26H21ClN4O2S/c1-16-13-17(7-9-19(16)27)30-12-4-6-21(30)25-24(20-5-2-3-11-28-20)29-26(34)31(25)18-8-10-22-23(14-18)33-15-32-22/h2-14,24-25H,15H2,1H3,(H,29,34)/t24-,25-/m1/s1. The van der Waals surface area contributed by atoms with Crippen molar-refractivity contribution in [2.45, 2.75) is 19.0 Å². The number of benzene rings is 2. The quantitative estimate of drug-likeness (QED) is 0.370. The van der Waals surface area contributed by atoms with E-state index in [1.807, 2.05) is 67.7 Å². The number of ether oxygens (including phenoxy) is 2. The lowest BCUT2D eigenvalue weighted by Crippen LogP contribution is -2.30. The number of aromatic nitrogens is 2. The Morgan fingerprint density at radius 3 is 2.68 bits per heavy atom. The predicted octanol–water partition coefficient (Wildman–Crippen LogP) is 5.74. The molecule has 6 nitrogen and oxygen atoms in total. The van der Waals surface area contributed by atoms with Crippen molar-refractivity contribution in [3.63, 3.8) is 0 Å².